The van der Waals surface area contributed by atoms with Crippen LogP contribution >= 0.6 is 0 Å². The lowest BCUT2D eigenvalue weighted by Gasteiger charge is -2.21. The average Bonchev–Trinajstić information content (AvgIpc) is 2.90. The number of aryl methyl sites for hydroxylation is 1. The first kappa shape index (κ1) is 13.1. The summed E-state index contributed by atoms with van der Waals surface area (Å²) in [4.78, 5) is 16.6. The molecular weight excluding hydrogens is 254 g/mol. The minimum Gasteiger partial charge on any atom is -0.441 e. The van der Waals surface area contributed by atoms with E-state index in [9.17, 15) is 4.79 Å². The van der Waals surface area contributed by atoms with Crippen LogP contribution in [0.2, 0.25) is 0 Å². The molecule has 5 heteroatoms. The molecule has 3 rings (SSSR count). The first-order chi connectivity index (χ1) is 9.76. The molecule has 1 aromatic carbocycles. The van der Waals surface area contributed by atoms with Gasteiger partial charge in [0, 0.05) is 18.0 Å². The molecule has 106 valence electrons. The second-order valence-electron chi connectivity index (χ2n) is 5.16. The summed E-state index contributed by atoms with van der Waals surface area (Å²) in [7, 11) is 0. The van der Waals surface area contributed by atoms with Crippen LogP contribution < -0.4 is 10.6 Å². The minimum atomic E-state index is 0.102. The smallest absolute Gasteiger partial charge is 0.227 e. The standard InChI is InChI=1S/C15H19N3O2/c1-2-14-18-12-9-11(3-4-13(12)20-14)17-15(19)10-5-7-16-8-6-10/h3-4,9-10,16H,2,5-8H2,1H3,(H,17,19). The molecule has 0 bridgehead atoms. The number of oxazole rings is 1. The van der Waals surface area contributed by atoms with Gasteiger partial charge in [-0.05, 0) is 44.1 Å². The van der Waals surface area contributed by atoms with Crippen molar-refractivity contribution in [3.63, 3.8) is 0 Å². The van der Waals surface area contributed by atoms with E-state index >= 15 is 0 Å². The fourth-order valence-electron chi connectivity index (χ4n) is 2.53. The summed E-state index contributed by atoms with van der Waals surface area (Å²) in [5.41, 5.74) is 2.35. The predicted molar refractivity (Wildman–Crippen MR) is 77.6 cm³/mol. The molecule has 5 nitrogen and oxygen atoms in total. The number of anilines is 1. The molecule has 1 saturated heterocycles. The van der Waals surface area contributed by atoms with Crippen molar-refractivity contribution in [2.45, 2.75) is 26.2 Å². The number of carbonyl (C=O) groups excluding carboxylic acids is 1. The maximum absolute atomic E-state index is 12.2. The highest BCUT2D eigenvalue weighted by molar-refractivity contribution is 5.94. The number of nitrogens with one attached hydrogen (secondary N) is 2. The van der Waals surface area contributed by atoms with E-state index in [2.05, 4.69) is 15.6 Å². The number of aromatic nitrogens is 1. The highest BCUT2D eigenvalue weighted by Crippen LogP contribution is 2.21. The summed E-state index contributed by atoms with van der Waals surface area (Å²) < 4.78 is 5.56. The van der Waals surface area contributed by atoms with Gasteiger partial charge in [0.1, 0.15) is 5.52 Å². The van der Waals surface area contributed by atoms with Crippen molar-refractivity contribution in [3.8, 4) is 0 Å². The lowest BCUT2D eigenvalue weighted by molar-refractivity contribution is -0.120. The Kier molecular flexibility index (Phi) is 3.69. The summed E-state index contributed by atoms with van der Waals surface area (Å²) in [6.07, 6.45) is 2.57. The fraction of sp³-hybridized carbons (Fsp3) is 0.467. The molecule has 2 N–H and O–H groups in total. The number of benzene rings is 1. The van der Waals surface area contributed by atoms with Crippen molar-refractivity contribution in [1.29, 1.82) is 0 Å². The van der Waals surface area contributed by atoms with Crippen LogP contribution in [-0.2, 0) is 11.2 Å². The van der Waals surface area contributed by atoms with Crippen molar-refractivity contribution >= 4 is 22.7 Å². The summed E-state index contributed by atoms with van der Waals surface area (Å²) in [6.45, 7) is 3.84. The number of rotatable bonds is 3. The number of fused-ring (bicyclic) bond motifs is 1. The lowest BCUT2D eigenvalue weighted by atomic mass is 9.97. The number of hydrogen-bond acceptors (Lipinski definition) is 4. The van der Waals surface area contributed by atoms with E-state index < -0.39 is 0 Å². The first-order valence-corrected chi connectivity index (χ1v) is 7.17. The van der Waals surface area contributed by atoms with Gasteiger partial charge in [0.15, 0.2) is 11.5 Å². The van der Waals surface area contributed by atoms with Crippen LogP contribution in [0, 0.1) is 5.92 Å². The summed E-state index contributed by atoms with van der Waals surface area (Å²) in [6, 6.07) is 5.60. The van der Waals surface area contributed by atoms with Gasteiger partial charge in [0.05, 0.1) is 0 Å². The van der Waals surface area contributed by atoms with Crippen molar-refractivity contribution < 1.29 is 9.21 Å². The quantitative estimate of drug-likeness (QED) is 0.900. The zero-order chi connectivity index (χ0) is 13.9. The molecule has 0 aliphatic carbocycles. The van der Waals surface area contributed by atoms with Crippen molar-refractivity contribution in [2.75, 3.05) is 18.4 Å². The number of amides is 1. The van der Waals surface area contributed by atoms with Gasteiger partial charge in [0.2, 0.25) is 5.91 Å². The van der Waals surface area contributed by atoms with E-state index in [1.807, 2.05) is 25.1 Å². The molecule has 0 unspecified atom stereocenters. The third-order valence-corrected chi connectivity index (χ3v) is 3.71. The van der Waals surface area contributed by atoms with Gasteiger partial charge < -0.3 is 15.1 Å². The Hall–Kier alpha value is -1.88. The van der Waals surface area contributed by atoms with E-state index in [1.54, 1.807) is 0 Å². The maximum Gasteiger partial charge on any atom is 0.227 e. The fourth-order valence-corrected chi connectivity index (χ4v) is 2.53. The molecule has 1 aliphatic heterocycles. The first-order valence-electron chi connectivity index (χ1n) is 7.17. The molecule has 1 amide bonds. The van der Waals surface area contributed by atoms with Crippen LogP contribution in [0.4, 0.5) is 5.69 Å². The monoisotopic (exact) mass is 273 g/mol. The second kappa shape index (κ2) is 5.63. The highest BCUT2D eigenvalue weighted by Gasteiger charge is 2.21. The molecule has 0 spiro atoms. The average molecular weight is 273 g/mol. The van der Waals surface area contributed by atoms with E-state index in [0.29, 0.717) is 0 Å². The Balaban J connectivity index is 1.74. The Morgan fingerprint density at radius 3 is 3.00 bits per heavy atom. The van der Waals surface area contributed by atoms with Gasteiger partial charge in [0.25, 0.3) is 0 Å². The van der Waals surface area contributed by atoms with Crippen LogP contribution in [0.5, 0.6) is 0 Å². The van der Waals surface area contributed by atoms with Gasteiger partial charge in [-0.15, -0.1) is 0 Å². The Bertz CT molecular complexity index is 615. The van der Waals surface area contributed by atoms with Crippen molar-refractivity contribution in [1.82, 2.24) is 10.3 Å². The van der Waals surface area contributed by atoms with Gasteiger partial charge in [-0.2, -0.15) is 0 Å². The van der Waals surface area contributed by atoms with Crippen molar-refractivity contribution in [2.24, 2.45) is 5.92 Å². The van der Waals surface area contributed by atoms with E-state index in [1.165, 1.54) is 0 Å². The molecule has 1 aromatic heterocycles. The third kappa shape index (κ3) is 2.67. The summed E-state index contributed by atoms with van der Waals surface area (Å²) in [5, 5.41) is 6.25. The van der Waals surface area contributed by atoms with Crippen LogP contribution in [0.3, 0.4) is 0 Å². The number of carbonyl (C=O) groups is 1. The third-order valence-electron chi connectivity index (χ3n) is 3.71. The molecule has 2 aromatic rings. The number of hydrogen-bond donors (Lipinski definition) is 2. The van der Waals surface area contributed by atoms with Gasteiger partial charge in [-0.25, -0.2) is 4.98 Å². The van der Waals surface area contributed by atoms with E-state index in [0.717, 1.165) is 55.0 Å². The SMILES string of the molecule is CCc1nc2cc(NC(=O)C3CCNCC3)ccc2o1. The Morgan fingerprint density at radius 1 is 1.45 bits per heavy atom. The molecule has 2 heterocycles. The Morgan fingerprint density at radius 2 is 2.25 bits per heavy atom. The van der Waals surface area contributed by atoms with Crippen LogP contribution in [0.1, 0.15) is 25.7 Å². The van der Waals surface area contributed by atoms with Gasteiger partial charge in [-0.1, -0.05) is 6.92 Å². The van der Waals surface area contributed by atoms with Crippen LogP contribution in [0.15, 0.2) is 22.6 Å². The van der Waals surface area contributed by atoms with Gasteiger partial charge >= 0.3 is 0 Å². The maximum atomic E-state index is 12.2. The molecule has 0 radical (unpaired) electrons. The van der Waals surface area contributed by atoms with Crippen LogP contribution in [0.25, 0.3) is 11.1 Å². The zero-order valence-corrected chi connectivity index (χ0v) is 11.6. The van der Waals surface area contributed by atoms with Crippen LogP contribution in [-0.4, -0.2) is 24.0 Å². The molecule has 20 heavy (non-hydrogen) atoms. The lowest BCUT2D eigenvalue weighted by Crippen LogP contribution is -2.34. The van der Waals surface area contributed by atoms with Crippen molar-refractivity contribution in [3.05, 3.63) is 24.1 Å². The second-order valence-corrected chi connectivity index (χ2v) is 5.16. The molecule has 0 saturated carbocycles. The zero-order valence-electron chi connectivity index (χ0n) is 11.6. The van der Waals surface area contributed by atoms with E-state index in [4.69, 9.17) is 4.42 Å². The summed E-state index contributed by atoms with van der Waals surface area (Å²) in [5.74, 6) is 0.933. The normalized spacial score (nSPS) is 16.4. The molecule has 0 atom stereocenters. The molecular formula is C15H19N3O2. The van der Waals surface area contributed by atoms with Gasteiger partial charge in [-0.3, -0.25) is 4.79 Å². The predicted octanol–water partition coefficient (Wildman–Crippen LogP) is 2.33. The highest BCUT2D eigenvalue weighted by atomic mass is 16.3. The number of piperidine rings is 1. The summed E-state index contributed by atoms with van der Waals surface area (Å²) >= 11 is 0. The molecule has 1 fully saturated rings. The minimum absolute atomic E-state index is 0.102. The number of nitrogens with zero attached hydrogens (tertiary/aromatic N) is 1. The largest absolute Gasteiger partial charge is 0.441 e. The topological polar surface area (TPSA) is 67.2 Å². The van der Waals surface area contributed by atoms with E-state index in [-0.39, 0.29) is 11.8 Å². The molecule has 1 aliphatic rings. The Labute approximate surface area is 117 Å².